The number of nitrogens with one attached hydrogen (secondary N) is 1. The van der Waals surface area contributed by atoms with Crippen molar-refractivity contribution in [3.05, 3.63) is 56.6 Å². The molecule has 2 aromatic rings. The Bertz CT molecular complexity index is 1060. The van der Waals surface area contributed by atoms with Crippen molar-refractivity contribution in [2.45, 2.75) is 50.6 Å². The zero-order valence-electron chi connectivity index (χ0n) is 18.8. The molecule has 2 aliphatic heterocycles. The molecular weight excluding hydrogens is 422 g/mol. The number of fused-ring (bicyclic) bond motifs is 5. The molecule has 2 N–H and O–H groups in total. The minimum atomic E-state index is -0.871. The Labute approximate surface area is 193 Å². The number of quaternary nitrogens is 2. The molecule has 32 heavy (non-hydrogen) atoms. The topological polar surface area (TPSA) is 68.0 Å². The summed E-state index contributed by atoms with van der Waals surface area (Å²) in [5, 5.41) is 23.6. The first-order chi connectivity index (χ1) is 15.4. The van der Waals surface area contributed by atoms with E-state index in [2.05, 4.69) is 43.3 Å². The largest absolute Gasteiger partial charge is 0.633 e. The first-order valence-electron chi connectivity index (χ1n) is 11.7. The van der Waals surface area contributed by atoms with Crippen molar-refractivity contribution in [1.29, 1.82) is 0 Å². The summed E-state index contributed by atoms with van der Waals surface area (Å²) in [4.78, 5) is 15.4. The van der Waals surface area contributed by atoms with Crippen molar-refractivity contribution in [2.24, 2.45) is 0 Å². The zero-order chi connectivity index (χ0) is 22.5. The number of benzene rings is 1. The monoisotopic (exact) mass is 454 g/mol. The van der Waals surface area contributed by atoms with Gasteiger partial charge in [0.25, 0.3) is 0 Å². The van der Waals surface area contributed by atoms with E-state index in [1.807, 2.05) is 12.1 Å². The van der Waals surface area contributed by atoms with Crippen LogP contribution in [0.2, 0.25) is 0 Å². The van der Waals surface area contributed by atoms with Crippen molar-refractivity contribution >= 4 is 34.8 Å². The van der Waals surface area contributed by atoms with Gasteiger partial charge >= 0.3 is 5.97 Å². The van der Waals surface area contributed by atoms with Gasteiger partial charge in [-0.1, -0.05) is 18.6 Å². The van der Waals surface area contributed by atoms with E-state index < -0.39 is 5.97 Å². The molecule has 1 aromatic carbocycles. The number of aromatic carboxylic acids is 1. The van der Waals surface area contributed by atoms with Crippen molar-refractivity contribution < 1.29 is 15.0 Å². The molecule has 0 bridgehead atoms. The summed E-state index contributed by atoms with van der Waals surface area (Å²) in [7, 11) is 4.10. The molecule has 0 saturated heterocycles. The number of carbonyl (C=O) groups is 1. The molecule has 0 radical (unpaired) electrons. The highest BCUT2D eigenvalue weighted by atomic mass is 32.1. The normalized spacial score (nSPS) is 27.4. The quantitative estimate of drug-likeness (QED) is 0.526. The fraction of sp³-hybridized carbons (Fsp3) is 0.480. The number of carboxylic acids is 1. The Morgan fingerprint density at radius 1 is 1.22 bits per heavy atom. The number of carboxylic acid groups (broad SMARTS) is 1. The minimum Gasteiger partial charge on any atom is -0.633 e. The number of hydrogen-bond donors (Lipinski definition) is 2. The average Bonchev–Trinajstić information content (AvgIpc) is 3.29. The highest BCUT2D eigenvalue weighted by Gasteiger charge is 2.55. The summed E-state index contributed by atoms with van der Waals surface area (Å²) in [5.41, 5.74) is 4.53. The lowest BCUT2D eigenvalue weighted by Gasteiger charge is -2.43. The van der Waals surface area contributed by atoms with Crippen LogP contribution in [0.1, 0.15) is 64.7 Å². The van der Waals surface area contributed by atoms with Crippen molar-refractivity contribution in [1.82, 2.24) is 9.38 Å². The summed E-state index contributed by atoms with van der Waals surface area (Å²) in [6.45, 7) is 1.30. The Kier molecular flexibility index (Phi) is 5.72. The fourth-order valence-electron chi connectivity index (χ4n) is 6.13. The van der Waals surface area contributed by atoms with Gasteiger partial charge in [0.15, 0.2) is 23.6 Å². The van der Waals surface area contributed by atoms with Crippen molar-refractivity contribution in [3.63, 3.8) is 0 Å². The summed E-state index contributed by atoms with van der Waals surface area (Å²) < 4.78 is 0.569. The zero-order valence-corrected chi connectivity index (χ0v) is 19.7. The number of hydrogen-bond acceptors (Lipinski definition) is 4. The first kappa shape index (κ1) is 21.8. The number of thiophene rings is 1. The molecule has 1 saturated carbocycles. The third-order valence-corrected chi connectivity index (χ3v) is 8.56. The van der Waals surface area contributed by atoms with Gasteiger partial charge in [0, 0.05) is 44.0 Å². The lowest BCUT2D eigenvalue weighted by Crippen LogP contribution is -3.07. The predicted octanol–water partition coefficient (Wildman–Crippen LogP) is 4.16. The van der Waals surface area contributed by atoms with Crippen LogP contribution in [-0.4, -0.2) is 49.2 Å². The van der Waals surface area contributed by atoms with E-state index in [1.165, 1.54) is 36.3 Å². The smallest absolute Gasteiger partial charge is 0.346 e. The summed E-state index contributed by atoms with van der Waals surface area (Å²) in [6, 6.07) is 10.6. The van der Waals surface area contributed by atoms with Gasteiger partial charge < -0.3 is 20.3 Å². The van der Waals surface area contributed by atoms with E-state index >= 15 is 0 Å². The maximum atomic E-state index is 13.6. The third kappa shape index (κ3) is 3.35. The van der Waals surface area contributed by atoms with Gasteiger partial charge in [-0.25, -0.2) is 9.28 Å². The van der Waals surface area contributed by atoms with Crippen LogP contribution in [0.5, 0.6) is 0 Å². The molecule has 0 amide bonds. The summed E-state index contributed by atoms with van der Waals surface area (Å²) >= 11 is 1.35. The number of hydroxylamine groups is 2. The van der Waals surface area contributed by atoms with Crippen LogP contribution in [0.25, 0.3) is 6.08 Å². The molecule has 1 fully saturated rings. The third-order valence-electron chi connectivity index (χ3n) is 7.51. The second-order valence-electron chi connectivity index (χ2n) is 9.66. The Morgan fingerprint density at radius 2 is 1.97 bits per heavy atom. The lowest BCUT2D eigenvalue weighted by atomic mass is 9.89. The Hall–Kier alpha value is -2.03. The molecule has 5 rings (SSSR count). The van der Waals surface area contributed by atoms with E-state index in [-0.39, 0.29) is 11.1 Å². The molecule has 3 aliphatic rings. The second kappa shape index (κ2) is 8.39. The van der Waals surface area contributed by atoms with Crippen LogP contribution in [0.3, 0.4) is 0 Å². The van der Waals surface area contributed by atoms with Gasteiger partial charge in [0.1, 0.15) is 17.0 Å². The highest BCUT2D eigenvalue weighted by molar-refractivity contribution is 7.15. The molecule has 3 atom stereocenters. The Balaban J connectivity index is 1.74. The molecule has 3 unspecified atom stereocenters. The van der Waals surface area contributed by atoms with Crippen LogP contribution in [-0.2, 0) is 0 Å². The van der Waals surface area contributed by atoms with Crippen LogP contribution >= 0.6 is 11.3 Å². The average molecular weight is 455 g/mol. The molecule has 6 nitrogen and oxygen atoms in total. The molecular formula is C25H32N3O3S+. The van der Waals surface area contributed by atoms with E-state index in [0.29, 0.717) is 21.9 Å². The van der Waals surface area contributed by atoms with E-state index in [1.54, 1.807) is 0 Å². The Morgan fingerprint density at radius 3 is 2.69 bits per heavy atom. The standard InChI is InChI=1S/C25H31N3O3S/c1-26(2)13-12-20-19-10-6-7-11-21(19)28(17-8-4-3-5-9-17)18(16-27(20)31)14-23-22(28)15-24(32-23)25(29)30/h6-7,10-11,14-15,17,20,27H,3-5,8-9,12-13,16H2,1-2H3/p+1. The number of nitrogens with zero attached hydrogens (tertiary/aromatic N) is 2. The molecule has 7 heteroatoms. The number of para-hydroxylation sites is 1. The van der Waals surface area contributed by atoms with Crippen LogP contribution in [0.4, 0.5) is 11.4 Å². The molecule has 170 valence electrons. The van der Waals surface area contributed by atoms with Gasteiger partial charge in [0.2, 0.25) is 0 Å². The van der Waals surface area contributed by atoms with E-state index in [9.17, 15) is 15.1 Å². The van der Waals surface area contributed by atoms with E-state index in [0.717, 1.165) is 47.6 Å². The van der Waals surface area contributed by atoms with Crippen LogP contribution in [0, 0.1) is 5.21 Å². The van der Waals surface area contributed by atoms with Crippen LogP contribution in [0.15, 0.2) is 36.0 Å². The maximum absolute atomic E-state index is 13.6. The molecule has 1 aromatic heterocycles. The maximum Gasteiger partial charge on any atom is 0.346 e. The summed E-state index contributed by atoms with van der Waals surface area (Å²) in [5.74, 6) is -0.871. The SMILES string of the molecule is CN(C)CCC1c2ccccc2[N+]2(C3CCCCC3)C(=Cc3sc(C(=O)O)cc32)C[NH+]1[O-]. The fourth-order valence-corrected chi connectivity index (χ4v) is 7.12. The van der Waals surface area contributed by atoms with Gasteiger partial charge in [-0.3, -0.25) is 0 Å². The molecule has 3 heterocycles. The predicted molar refractivity (Wildman–Crippen MR) is 129 cm³/mol. The van der Waals surface area contributed by atoms with Crippen molar-refractivity contribution in [3.8, 4) is 0 Å². The van der Waals surface area contributed by atoms with E-state index in [4.69, 9.17) is 0 Å². The van der Waals surface area contributed by atoms with Gasteiger partial charge in [-0.2, -0.15) is 0 Å². The van der Waals surface area contributed by atoms with Gasteiger partial charge in [0.05, 0.1) is 10.4 Å². The van der Waals surface area contributed by atoms with Gasteiger partial charge in [-0.05, 0) is 33.0 Å². The summed E-state index contributed by atoms with van der Waals surface area (Å²) in [6.07, 6.45) is 8.76. The number of rotatable bonds is 5. The lowest BCUT2D eigenvalue weighted by molar-refractivity contribution is -0.877. The minimum absolute atomic E-state index is 0.125. The second-order valence-corrected chi connectivity index (χ2v) is 10.7. The molecule has 0 spiro atoms. The van der Waals surface area contributed by atoms with Crippen LogP contribution < -0.4 is 9.55 Å². The van der Waals surface area contributed by atoms with Gasteiger partial charge in [-0.15, -0.1) is 11.3 Å². The first-order valence-corrected chi connectivity index (χ1v) is 12.5. The highest BCUT2D eigenvalue weighted by Crippen LogP contribution is 2.56. The molecule has 1 aliphatic carbocycles. The van der Waals surface area contributed by atoms with Crippen molar-refractivity contribution in [2.75, 3.05) is 27.2 Å².